The van der Waals surface area contributed by atoms with Crippen LogP contribution in [0.4, 0.5) is 8.78 Å². The monoisotopic (exact) mass is 291 g/mol. The second-order valence-electron chi connectivity index (χ2n) is 5.07. The van der Waals surface area contributed by atoms with Crippen LogP contribution in [0.5, 0.6) is 0 Å². The Morgan fingerprint density at radius 2 is 1.86 bits per heavy atom. The van der Waals surface area contributed by atoms with Crippen LogP contribution in [-0.2, 0) is 0 Å². The maximum atomic E-state index is 13.3. The summed E-state index contributed by atoms with van der Waals surface area (Å²) in [5.74, 6) is -0.932. The number of benzene rings is 1. The van der Waals surface area contributed by atoms with Gasteiger partial charge in [-0.05, 0) is 38.9 Å². The molecule has 1 N–H and O–H groups in total. The highest BCUT2D eigenvalue weighted by Crippen LogP contribution is 2.21. The molecular formula is C16H19F2N3. The van der Waals surface area contributed by atoms with Gasteiger partial charge in [-0.1, -0.05) is 6.92 Å². The Bertz CT molecular complexity index is 609. The average Bonchev–Trinajstić information content (AvgIpc) is 2.43. The molecule has 1 unspecified atom stereocenters. The largest absolute Gasteiger partial charge is 0.310 e. The van der Waals surface area contributed by atoms with Gasteiger partial charge in [0.05, 0.1) is 0 Å². The van der Waals surface area contributed by atoms with Crippen LogP contribution in [0.2, 0.25) is 0 Å². The molecule has 0 fully saturated rings. The third-order valence-electron chi connectivity index (χ3n) is 3.31. The molecule has 1 aromatic carbocycles. The molecule has 2 aromatic rings. The Labute approximate surface area is 123 Å². The van der Waals surface area contributed by atoms with Gasteiger partial charge in [-0.25, -0.2) is 18.7 Å². The van der Waals surface area contributed by atoms with Gasteiger partial charge in [0.2, 0.25) is 0 Å². The van der Waals surface area contributed by atoms with Gasteiger partial charge in [-0.2, -0.15) is 0 Å². The molecule has 0 aliphatic heterocycles. The van der Waals surface area contributed by atoms with Crippen molar-refractivity contribution >= 4 is 0 Å². The first kappa shape index (κ1) is 15.5. The van der Waals surface area contributed by atoms with Gasteiger partial charge in [-0.15, -0.1) is 0 Å². The standard InChI is InChI=1S/C16H19F2N3/c1-4-5-19-10(2)15-9-20-16(21-11(15)3)12-6-13(17)8-14(18)7-12/h6-10,19H,4-5H2,1-3H3. The smallest absolute Gasteiger partial charge is 0.159 e. The highest BCUT2D eigenvalue weighted by Gasteiger charge is 2.12. The van der Waals surface area contributed by atoms with Gasteiger partial charge >= 0.3 is 0 Å². The lowest BCUT2D eigenvalue weighted by Crippen LogP contribution is -2.20. The van der Waals surface area contributed by atoms with Gasteiger partial charge in [0.15, 0.2) is 5.82 Å². The molecule has 1 aromatic heterocycles. The molecule has 0 radical (unpaired) electrons. The lowest BCUT2D eigenvalue weighted by atomic mass is 10.1. The maximum absolute atomic E-state index is 13.3. The number of nitrogens with zero attached hydrogens (tertiary/aromatic N) is 2. The summed E-state index contributed by atoms with van der Waals surface area (Å²) in [5, 5.41) is 3.37. The van der Waals surface area contributed by atoms with E-state index in [1.54, 1.807) is 6.20 Å². The van der Waals surface area contributed by atoms with Crippen LogP contribution in [-0.4, -0.2) is 16.5 Å². The van der Waals surface area contributed by atoms with E-state index >= 15 is 0 Å². The number of rotatable bonds is 5. The predicted molar refractivity (Wildman–Crippen MR) is 78.8 cm³/mol. The molecule has 112 valence electrons. The van der Waals surface area contributed by atoms with Crippen LogP contribution in [0.3, 0.4) is 0 Å². The van der Waals surface area contributed by atoms with Crippen molar-refractivity contribution < 1.29 is 8.78 Å². The van der Waals surface area contributed by atoms with E-state index in [0.29, 0.717) is 11.4 Å². The van der Waals surface area contributed by atoms with Gasteiger partial charge in [0, 0.05) is 35.1 Å². The summed E-state index contributed by atoms with van der Waals surface area (Å²) in [6, 6.07) is 3.44. The molecule has 3 nitrogen and oxygen atoms in total. The van der Waals surface area contributed by atoms with Crippen LogP contribution in [0.15, 0.2) is 24.4 Å². The fourth-order valence-corrected chi connectivity index (χ4v) is 2.19. The van der Waals surface area contributed by atoms with Crippen molar-refractivity contribution in [1.29, 1.82) is 0 Å². The summed E-state index contributed by atoms with van der Waals surface area (Å²) in [6.45, 7) is 6.94. The zero-order valence-corrected chi connectivity index (χ0v) is 12.5. The number of nitrogens with one attached hydrogen (secondary N) is 1. The van der Waals surface area contributed by atoms with Crippen LogP contribution < -0.4 is 5.32 Å². The molecule has 0 amide bonds. The normalized spacial score (nSPS) is 12.4. The van der Waals surface area contributed by atoms with E-state index in [4.69, 9.17) is 0 Å². The average molecular weight is 291 g/mol. The van der Waals surface area contributed by atoms with E-state index in [1.165, 1.54) is 12.1 Å². The number of halogens is 2. The Morgan fingerprint density at radius 1 is 1.19 bits per heavy atom. The summed E-state index contributed by atoms with van der Waals surface area (Å²) in [6.07, 6.45) is 2.76. The summed E-state index contributed by atoms with van der Waals surface area (Å²) in [7, 11) is 0. The van der Waals surface area contributed by atoms with Crippen LogP contribution in [0.1, 0.15) is 37.6 Å². The highest BCUT2D eigenvalue weighted by molar-refractivity contribution is 5.55. The van der Waals surface area contributed by atoms with Crippen molar-refractivity contribution in [3.63, 3.8) is 0 Å². The molecule has 5 heteroatoms. The number of hydrogen-bond acceptors (Lipinski definition) is 3. The molecule has 0 bridgehead atoms. The second kappa shape index (κ2) is 6.72. The zero-order valence-electron chi connectivity index (χ0n) is 12.5. The van der Waals surface area contributed by atoms with Crippen molar-refractivity contribution in [2.45, 2.75) is 33.2 Å². The molecule has 0 saturated carbocycles. The molecule has 0 aliphatic rings. The van der Waals surface area contributed by atoms with Crippen molar-refractivity contribution in [1.82, 2.24) is 15.3 Å². The van der Waals surface area contributed by atoms with Crippen LogP contribution in [0.25, 0.3) is 11.4 Å². The first-order valence-corrected chi connectivity index (χ1v) is 7.04. The maximum Gasteiger partial charge on any atom is 0.159 e. The van der Waals surface area contributed by atoms with Gasteiger partial charge in [-0.3, -0.25) is 0 Å². The summed E-state index contributed by atoms with van der Waals surface area (Å²) in [5.41, 5.74) is 2.14. The SMILES string of the molecule is CCCNC(C)c1cnc(-c2cc(F)cc(F)c2)nc1C. The second-order valence-corrected chi connectivity index (χ2v) is 5.07. The lowest BCUT2D eigenvalue weighted by molar-refractivity contribution is 0.564. The molecular weight excluding hydrogens is 272 g/mol. The van der Waals surface area contributed by atoms with E-state index in [-0.39, 0.29) is 6.04 Å². The van der Waals surface area contributed by atoms with Crippen molar-refractivity contribution in [3.8, 4) is 11.4 Å². The molecule has 0 spiro atoms. The Hall–Kier alpha value is -1.88. The quantitative estimate of drug-likeness (QED) is 0.910. The summed E-state index contributed by atoms with van der Waals surface area (Å²) >= 11 is 0. The minimum absolute atomic E-state index is 0.142. The van der Waals surface area contributed by atoms with Crippen molar-refractivity contribution in [2.75, 3.05) is 6.54 Å². The minimum atomic E-state index is -0.631. The first-order chi connectivity index (χ1) is 10.0. The van der Waals surface area contributed by atoms with Crippen molar-refractivity contribution in [3.05, 3.63) is 47.3 Å². The van der Waals surface area contributed by atoms with E-state index in [0.717, 1.165) is 30.3 Å². The molecule has 1 atom stereocenters. The number of aromatic nitrogens is 2. The Balaban J connectivity index is 2.30. The van der Waals surface area contributed by atoms with Gasteiger partial charge in [0.25, 0.3) is 0 Å². The van der Waals surface area contributed by atoms with Crippen molar-refractivity contribution in [2.24, 2.45) is 0 Å². The molecule has 2 rings (SSSR count). The fraction of sp³-hybridized carbons (Fsp3) is 0.375. The number of hydrogen-bond donors (Lipinski definition) is 1. The summed E-state index contributed by atoms with van der Waals surface area (Å²) in [4.78, 5) is 8.61. The molecule has 0 aliphatic carbocycles. The fourth-order valence-electron chi connectivity index (χ4n) is 2.19. The Kier molecular flexibility index (Phi) is 4.96. The topological polar surface area (TPSA) is 37.8 Å². The van der Waals surface area contributed by atoms with Crippen LogP contribution in [0, 0.1) is 18.6 Å². The van der Waals surface area contributed by atoms with Gasteiger partial charge < -0.3 is 5.32 Å². The highest BCUT2D eigenvalue weighted by atomic mass is 19.1. The minimum Gasteiger partial charge on any atom is -0.310 e. The van der Waals surface area contributed by atoms with Crippen LogP contribution >= 0.6 is 0 Å². The van der Waals surface area contributed by atoms with E-state index in [1.807, 2.05) is 13.8 Å². The lowest BCUT2D eigenvalue weighted by Gasteiger charge is -2.15. The third-order valence-corrected chi connectivity index (χ3v) is 3.31. The predicted octanol–water partition coefficient (Wildman–Crippen LogP) is 3.79. The van der Waals surface area contributed by atoms with E-state index < -0.39 is 11.6 Å². The zero-order chi connectivity index (χ0) is 15.4. The number of aryl methyl sites for hydroxylation is 1. The summed E-state index contributed by atoms with van der Waals surface area (Å²) < 4.78 is 26.5. The van der Waals surface area contributed by atoms with E-state index in [2.05, 4.69) is 22.2 Å². The first-order valence-electron chi connectivity index (χ1n) is 7.04. The molecule has 21 heavy (non-hydrogen) atoms. The Morgan fingerprint density at radius 3 is 2.43 bits per heavy atom. The van der Waals surface area contributed by atoms with E-state index in [9.17, 15) is 8.78 Å². The molecule has 0 saturated heterocycles. The third kappa shape index (κ3) is 3.82. The van der Waals surface area contributed by atoms with Gasteiger partial charge in [0.1, 0.15) is 11.6 Å². The molecule has 1 heterocycles.